The second-order valence-corrected chi connectivity index (χ2v) is 14.5. The summed E-state index contributed by atoms with van der Waals surface area (Å²) < 4.78 is 8.93. The summed E-state index contributed by atoms with van der Waals surface area (Å²) in [6.07, 6.45) is 0.931. The van der Waals surface area contributed by atoms with Crippen molar-refractivity contribution in [3.8, 4) is 67.9 Å². The van der Waals surface area contributed by atoms with E-state index in [1.54, 1.807) is 11.3 Å². The van der Waals surface area contributed by atoms with E-state index in [0.29, 0.717) is 23.4 Å². The molecule has 3 aromatic heterocycles. The molecule has 0 unspecified atom stereocenters. The van der Waals surface area contributed by atoms with Gasteiger partial charge in [-0.15, -0.1) is 11.3 Å². The number of nitrogens with zero attached hydrogens (tertiary/aromatic N) is 4. The smallest absolute Gasteiger partial charge is 0.227 e. The zero-order chi connectivity index (χ0) is 34.9. The van der Waals surface area contributed by atoms with Crippen molar-refractivity contribution in [3.05, 3.63) is 169 Å². The first-order valence-electron chi connectivity index (χ1n) is 17.7. The molecular weight excluding hydrogens is 669 g/mol. The SMILES string of the molecule is c1ccc(-c2nc(-c3ccccc3)nc(-c3cccc4sc5ccc(-c6ccc7nc(-c8cccc9c8-c8ccccc8C9)oc7c6)cc5c34)n2)cc1. The minimum absolute atomic E-state index is 0.649. The van der Waals surface area contributed by atoms with E-state index in [4.69, 9.17) is 24.4 Å². The van der Waals surface area contributed by atoms with Crippen LogP contribution < -0.4 is 0 Å². The Labute approximate surface area is 308 Å². The van der Waals surface area contributed by atoms with Gasteiger partial charge in [-0.2, -0.15) is 0 Å². The van der Waals surface area contributed by atoms with E-state index in [9.17, 15) is 0 Å². The molecule has 10 aromatic rings. The molecule has 1 aliphatic carbocycles. The Bertz CT molecular complexity index is 2980. The monoisotopic (exact) mass is 696 g/mol. The molecular formula is C47H28N4OS. The summed E-state index contributed by atoms with van der Waals surface area (Å²) in [5.41, 5.74) is 12.8. The maximum Gasteiger partial charge on any atom is 0.227 e. The minimum atomic E-state index is 0.649. The Morgan fingerprint density at radius 2 is 1.09 bits per heavy atom. The summed E-state index contributed by atoms with van der Waals surface area (Å²) in [7, 11) is 0. The summed E-state index contributed by atoms with van der Waals surface area (Å²) in [6, 6.07) is 54.7. The molecule has 0 amide bonds. The van der Waals surface area contributed by atoms with E-state index in [1.807, 2.05) is 60.7 Å². The van der Waals surface area contributed by atoms with Gasteiger partial charge in [0.05, 0.1) is 0 Å². The fourth-order valence-corrected chi connectivity index (χ4v) is 8.82. The van der Waals surface area contributed by atoms with Crippen molar-refractivity contribution in [2.75, 3.05) is 0 Å². The van der Waals surface area contributed by atoms with E-state index < -0.39 is 0 Å². The molecule has 0 aliphatic heterocycles. The number of thiophene rings is 1. The van der Waals surface area contributed by atoms with Crippen LogP contribution in [0, 0.1) is 0 Å². The van der Waals surface area contributed by atoms with Crippen molar-refractivity contribution in [2.45, 2.75) is 6.42 Å². The zero-order valence-electron chi connectivity index (χ0n) is 28.3. The third-order valence-corrected chi connectivity index (χ3v) is 11.3. The predicted molar refractivity (Wildman–Crippen MR) is 216 cm³/mol. The van der Waals surface area contributed by atoms with Crippen LogP contribution >= 0.6 is 11.3 Å². The molecule has 53 heavy (non-hydrogen) atoms. The van der Waals surface area contributed by atoms with Gasteiger partial charge in [0.1, 0.15) is 5.52 Å². The standard InChI is InChI=1S/C47H28N4OS/c1-3-11-28(12-4-1)44-49-45(29-13-5-2-6-14-29)51-46(50-44)35-18-10-20-41-43(35)37-26-30(22-24-40(37)53-41)31-21-23-38-39(27-31)52-47(48-38)36-19-9-16-33-25-32-15-7-8-17-34(32)42(33)36/h1-24,26-27H,25H2. The van der Waals surface area contributed by atoms with Crippen LogP contribution in [0.5, 0.6) is 0 Å². The first-order chi connectivity index (χ1) is 26.2. The van der Waals surface area contributed by atoms with Gasteiger partial charge in [0.2, 0.25) is 5.89 Å². The largest absolute Gasteiger partial charge is 0.436 e. The van der Waals surface area contributed by atoms with E-state index in [0.717, 1.165) is 61.7 Å². The summed E-state index contributed by atoms with van der Waals surface area (Å²) >= 11 is 1.78. The van der Waals surface area contributed by atoms with Crippen molar-refractivity contribution < 1.29 is 4.42 Å². The Kier molecular flexibility index (Phi) is 6.72. The van der Waals surface area contributed by atoms with Crippen LogP contribution in [-0.4, -0.2) is 19.9 Å². The topological polar surface area (TPSA) is 64.7 Å². The van der Waals surface area contributed by atoms with Crippen molar-refractivity contribution in [2.24, 2.45) is 0 Å². The lowest BCUT2D eigenvalue weighted by atomic mass is 9.99. The summed E-state index contributed by atoms with van der Waals surface area (Å²) in [4.78, 5) is 20.0. The van der Waals surface area contributed by atoms with E-state index in [-0.39, 0.29) is 0 Å². The molecule has 0 radical (unpaired) electrons. The van der Waals surface area contributed by atoms with Crippen molar-refractivity contribution in [3.63, 3.8) is 0 Å². The number of hydrogen-bond donors (Lipinski definition) is 0. The molecule has 0 fully saturated rings. The van der Waals surface area contributed by atoms with Crippen molar-refractivity contribution >= 4 is 42.6 Å². The zero-order valence-corrected chi connectivity index (χ0v) is 29.1. The van der Waals surface area contributed by atoms with Gasteiger partial charge < -0.3 is 4.42 Å². The molecule has 0 atom stereocenters. The molecule has 6 heteroatoms. The first-order valence-corrected chi connectivity index (χ1v) is 18.5. The van der Waals surface area contributed by atoms with Crippen LogP contribution in [0.15, 0.2) is 162 Å². The maximum absolute atomic E-state index is 6.54. The molecule has 0 spiro atoms. The van der Waals surface area contributed by atoms with Gasteiger partial charge in [0.25, 0.3) is 0 Å². The number of hydrogen-bond acceptors (Lipinski definition) is 6. The van der Waals surface area contributed by atoms with Crippen molar-refractivity contribution in [1.82, 2.24) is 19.9 Å². The molecule has 0 saturated heterocycles. The molecule has 0 bridgehead atoms. The Balaban J connectivity index is 1.03. The number of rotatable bonds is 5. The molecule has 11 rings (SSSR count). The van der Waals surface area contributed by atoms with Gasteiger partial charge in [-0.05, 0) is 76.2 Å². The highest BCUT2D eigenvalue weighted by Crippen LogP contribution is 2.44. The second kappa shape index (κ2) is 11.9. The second-order valence-electron chi connectivity index (χ2n) is 13.4. The lowest BCUT2D eigenvalue weighted by Crippen LogP contribution is -2.00. The van der Waals surface area contributed by atoms with Crippen LogP contribution in [-0.2, 0) is 6.42 Å². The minimum Gasteiger partial charge on any atom is -0.436 e. The molecule has 5 nitrogen and oxygen atoms in total. The molecule has 7 aromatic carbocycles. The highest BCUT2D eigenvalue weighted by molar-refractivity contribution is 7.26. The highest BCUT2D eigenvalue weighted by atomic mass is 32.1. The predicted octanol–water partition coefficient (Wildman–Crippen LogP) is 12.3. The first kappa shape index (κ1) is 29.9. The van der Waals surface area contributed by atoms with Crippen LogP contribution in [0.25, 0.3) is 99.1 Å². The number of fused-ring (bicyclic) bond motifs is 7. The van der Waals surface area contributed by atoms with Gasteiger partial charge >= 0.3 is 0 Å². The van der Waals surface area contributed by atoms with E-state index >= 15 is 0 Å². The molecule has 0 N–H and O–H groups in total. The highest BCUT2D eigenvalue weighted by Gasteiger charge is 2.24. The van der Waals surface area contributed by atoms with Crippen LogP contribution in [0.3, 0.4) is 0 Å². The Morgan fingerprint density at radius 1 is 0.453 bits per heavy atom. The summed E-state index contributed by atoms with van der Waals surface area (Å²) in [5, 5.41) is 2.30. The quantitative estimate of drug-likeness (QED) is 0.179. The lowest BCUT2D eigenvalue weighted by Gasteiger charge is -2.10. The van der Waals surface area contributed by atoms with Gasteiger partial charge in [-0.25, -0.2) is 19.9 Å². The van der Waals surface area contributed by atoms with Crippen LogP contribution in [0.1, 0.15) is 11.1 Å². The molecule has 248 valence electrons. The maximum atomic E-state index is 6.54. The normalized spacial score (nSPS) is 12.1. The van der Waals surface area contributed by atoms with Crippen LogP contribution in [0.2, 0.25) is 0 Å². The third kappa shape index (κ3) is 4.99. The number of oxazole rings is 1. The van der Waals surface area contributed by atoms with Gasteiger partial charge in [-0.3, -0.25) is 0 Å². The van der Waals surface area contributed by atoms with Gasteiger partial charge in [0, 0.05) is 42.4 Å². The Morgan fingerprint density at radius 3 is 1.91 bits per heavy atom. The van der Waals surface area contributed by atoms with Crippen molar-refractivity contribution in [1.29, 1.82) is 0 Å². The number of benzene rings is 7. The number of aromatic nitrogens is 4. The summed E-state index contributed by atoms with van der Waals surface area (Å²) in [6.45, 7) is 0. The fourth-order valence-electron chi connectivity index (χ4n) is 7.71. The van der Waals surface area contributed by atoms with Crippen LogP contribution in [0.4, 0.5) is 0 Å². The molecule has 1 aliphatic rings. The fraction of sp³-hybridized carbons (Fsp3) is 0.0213. The average Bonchev–Trinajstić information content (AvgIpc) is 3.94. The van der Waals surface area contributed by atoms with Gasteiger partial charge in [0.15, 0.2) is 23.1 Å². The Hall–Kier alpha value is -6.76. The lowest BCUT2D eigenvalue weighted by molar-refractivity contribution is 0.620. The third-order valence-electron chi connectivity index (χ3n) is 10.2. The molecule has 0 saturated carbocycles. The molecule has 3 heterocycles. The summed E-state index contributed by atoms with van der Waals surface area (Å²) in [5.74, 6) is 2.60. The van der Waals surface area contributed by atoms with E-state index in [2.05, 4.69) is 97.1 Å². The van der Waals surface area contributed by atoms with Gasteiger partial charge in [-0.1, -0.05) is 121 Å². The average molecular weight is 697 g/mol. The van der Waals surface area contributed by atoms with E-state index in [1.165, 1.54) is 31.7 Å².